The van der Waals surface area contributed by atoms with E-state index in [9.17, 15) is 0 Å². The van der Waals surface area contributed by atoms with E-state index in [-0.39, 0.29) is 24.2 Å². The highest BCUT2D eigenvalue weighted by molar-refractivity contribution is 6.12. The van der Waals surface area contributed by atoms with E-state index >= 15 is 0 Å². The van der Waals surface area contributed by atoms with Crippen molar-refractivity contribution >= 4 is 43.6 Å². The molecule has 0 atom stereocenters. The van der Waals surface area contributed by atoms with Crippen LogP contribution in [0.4, 0.5) is 0 Å². The van der Waals surface area contributed by atoms with E-state index in [0.717, 1.165) is 55.2 Å². The van der Waals surface area contributed by atoms with Crippen LogP contribution in [0.15, 0.2) is 145 Å². The van der Waals surface area contributed by atoms with E-state index in [1.807, 2.05) is 59.2 Å². The summed E-state index contributed by atoms with van der Waals surface area (Å²) in [7, 11) is 0. The van der Waals surface area contributed by atoms with Crippen molar-refractivity contribution < 1.29 is 6.85 Å². The van der Waals surface area contributed by atoms with Crippen molar-refractivity contribution in [2.24, 2.45) is 0 Å². The molecule has 0 bridgehead atoms. The molecule has 8 aromatic rings. The number of hydrogen-bond acceptors (Lipinski definition) is 0. The monoisotopic (exact) mass is 489 g/mol. The second-order valence-electron chi connectivity index (χ2n) is 9.47. The van der Waals surface area contributed by atoms with Gasteiger partial charge in [-0.25, -0.2) is 0 Å². The fourth-order valence-electron chi connectivity index (χ4n) is 5.70. The lowest BCUT2D eigenvalue weighted by Crippen LogP contribution is -1.97. The summed E-state index contributed by atoms with van der Waals surface area (Å²) in [4.78, 5) is 0. The Bertz CT molecular complexity index is 2380. The standard InChI is InChI=1S/C36H24N2/c1-2-10-25(11-3-1)26-18-20-27(21-19-26)37-33-15-7-6-14-31(33)32-23-22-28(24-36(32)37)38-34-16-8-4-12-29(34)30-13-5-9-17-35(30)38/h1-24H/i1D,4D,8D,12D,16D. The molecule has 178 valence electrons. The van der Waals surface area contributed by atoms with Gasteiger partial charge in [0.2, 0.25) is 0 Å². The molecule has 6 aromatic carbocycles. The molecule has 2 aromatic heterocycles. The van der Waals surface area contributed by atoms with Crippen LogP contribution in [0.3, 0.4) is 0 Å². The lowest BCUT2D eigenvalue weighted by Gasteiger charge is -2.12. The van der Waals surface area contributed by atoms with Crippen molar-refractivity contribution in [3.05, 3.63) is 145 Å². The molecule has 2 heterocycles. The maximum absolute atomic E-state index is 8.85. The largest absolute Gasteiger partial charge is 0.309 e. The topological polar surface area (TPSA) is 9.86 Å². The fraction of sp³-hybridized carbons (Fsp3) is 0. The van der Waals surface area contributed by atoms with Gasteiger partial charge in [-0.3, -0.25) is 0 Å². The Labute approximate surface area is 227 Å². The Morgan fingerprint density at radius 2 is 0.974 bits per heavy atom. The minimum absolute atomic E-state index is 0.0291. The summed E-state index contributed by atoms with van der Waals surface area (Å²) >= 11 is 0. The highest BCUT2D eigenvalue weighted by atomic mass is 15.0. The predicted octanol–water partition coefficient (Wildman–Crippen LogP) is 9.55. The molecule has 38 heavy (non-hydrogen) atoms. The van der Waals surface area contributed by atoms with Gasteiger partial charge in [0, 0.05) is 32.9 Å². The van der Waals surface area contributed by atoms with Crippen molar-refractivity contribution in [2.45, 2.75) is 0 Å². The number of fused-ring (bicyclic) bond motifs is 6. The van der Waals surface area contributed by atoms with Crippen LogP contribution in [0.1, 0.15) is 6.85 Å². The zero-order chi connectivity index (χ0) is 29.4. The van der Waals surface area contributed by atoms with Crippen molar-refractivity contribution in [3.63, 3.8) is 0 Å². The Balaban J connectivity index is 1.40. The fourth-order valence-corrected chi connectivity index (χ4v) is 5.70. The van der Waals surface area contributed by atoms with Gasteiger partial charge in [-0.1, -0.05) is 103 Å². The average molecular weight is 490 g/mol. The molecule has 0 aliphatic rings. The van der Waals surface area contributed by atoms with Gasteiger partial charge in [0.15, 0.2) is 0 Å². The van der Waals surface area contributed by atoms with Gasteiger partial charge < -0.3 is 9.13 Å². The van der Waals surface area contributed by atoms with Crippen molar-refractivity contribution in [3.8, 4) is 22.5 Å². The minimum Gasteiger partial charge on any atom is -0.309 e. The van der Waals surface area contributed by atoms with Crippen LogP contribution in [0, 0.1) is 0 Å². The van der Waals surface area contributed by atoms with E-state index in [4.69, 9.17) is 6.85 Å². The van der Waals surface area contributed by atoms with Gasteiger partial charge in [0.1, 0.15) is 0 Å². The van der Waals surface area contributed by atoms with Gasteiger partial charge in [-0.15, -0.1) is 0 Å². The molecule has 0 radical (unpaired) electrons. The Morgan fingerprint density at radius 3 is 1.74 bits per heavy atom. The molecule has 8 rings (SSSR count). The van der Waals surface area contributed by atoms with Crippen molar-refractivity contribution in [1.29, 1.82) is 0 Å². The molecular weight excluding hydrogens is 460 g/mol. The molecule has 0 amide bonds. The van der Waals surface area contributed by atoms with Crippen molar-refractivity contribution in [2.75, 3.05) is 0 Å². The third-order valence-corrected chi connectivity index (χ3v) is 7.40. The number of nitrogens with zero attached hydrogens (tertiary/aromatic N) is 2. The lowest BCUT2D eigenvalue weighted by molar-refractivity contribution is 1.15. The molecule has 0 saturated carbocycles. The van der Waals surface area contributed by atoms with Crippen LogP contribution < -0.4 is 0 Å². The molecule has 0 aliphatic carbocycles. The summed E-state index contributed by atoms with van der Waals surface area (Å²) in [5.74, 6) is 0. The van der Waals surface area contributed by atoms with Crippen LogP contribution >= 0.6 is 0 Å². The minimum atomic E-state index is -0.241. The maximum atomic E-state index is 8.85. The van der Waals surface area contributed by atoms with Crippen LogP contribution in [0.5, 0.6) is 0 Å². The highest BCUT2D eigenvalue weighted by Gasteiger charge is 2.16. The van der Waals surface area contributed by atoms with Gasteiger partial charge in [-0.2, -0.15) is 0 Å². The van der Waals surface area contributed by atoms with Crippen LogP contribution in [0.25, 0.3) is 66.1 Å². The van der Waals surface area contributed by atoms with E-state index < -0.39 is 0 Å². The first-order valence-electron chi connectivity index (χ1n) is 15.1. The Hall–Kier alpha value is -5.08. The second-order valence-corrected chi connectivity index (χ2v) is 9.47. The van der Waals surface area contributed by atoms with Crippen LogP contribution in [0.2, 0.25) is 0 Å². The average Bonchev–Trinajstić information content (AvgIpc) is 3.56. The van der Waals surface area contributed by atoms with E-state index in [1.165, 1.54) is 0 Å². The summed E-state index contributed by atoms with van der Waals surface area (Å²) in [5.41, 5.74) is 7.33. The molecule has 2 nitrogen and oxygen atoms in total. The van der Waals surface area contributed by atoms with Crippen LogP contribution in [-0.4, -0.2) is 9.13 Å². The number of aromatic nitrogens is 2. The van der Waals surface area contributed by atoms with Gasteiger partial charge in [0.05, 0.1) is 28.9 Å². The molecular formula is C36H24N2. The third kappa shape index (κ3) is 3.07. The first-order valence-corrected chi connectivity index (χ1v) is 12.6. The summed E-state index contributed by atoms with van der Waals surface area (Å²) in [6.07, 6.45) is 0. The zero-order valence-electron chi connectivity index (χ0n) is 25.4. The molecule has 0 N–H and O–H groups in total. The Kier molecular flexibility index (Phi) is 3.60. The molecule has 0 spiro atoms. The van der Waals surface area contributed by atoms with E-state index in [2.05, 4.69) is 53.1 Å². The van der Waals surface area contributed by atoms with Crippen LogP contribution in [-0.2, 0) is 0 Å². The lowest BCUT2D eigenvalue weighted by atomic mass is 10.1. The van der Waals surface area contributed by atoms with E-state index in [0.29, 0.717) is 16.9 Å². The van der Waals surface area contributed by atoms with Crippen molar-refractivity contribution in [1.82, 2.24) is 9.13 Å². The third-order valence-electron chi connectivity index (χ3n) is 7.40. The number of hydrogen-bond donors (Lipinski definition) is 0. The number of para-hydroxylation sites is 3. The first-order chi connectivity index (χ1) is 20.9. The molecule has 0 fully saturated rings. The molecule has 0 unspecified atom stereocenters. The van der Waals surface area contributed by atoms with Gasteiger partial charge >= 0.3 is 0 Å². The molecule has 0 aliphatic heterocycles. The number of rotatable bonds is 3. The summed E-state index contributed by atoms with van der Waals surface area (Å²) in [5, 5.41) is 3.54. The maximum Gasteiger partial charge on any atom is 0.0645 e. The Morgan fingerprint density at radius 1 is 0.395 bits per heavy atom. The summed E-state index contributed by atoms with van der Waals surface area (Å²) in [6.45, 7) is 0. The van der Waals surface area contributed by atoms with Gasteiger partial charge in [0.25, 0.3) is 0 Å². The molecule has 0 saturated heterocycles. The first kappa shape index (κ1) is 16.6. The zero-order valence-corrected chi connectivity index (χ0v) is 20.4. The highest BCUT2D eigenvalue weighted by Crippen LogP contribution is 2.37. The molecule has 2 heteroatoms. The normalized spacial score (nSPS) is 13.5. The summed E-state index contributed by atoms with van der Waals surface area (Å²) in [6, 6.07) is 38.2. The summed E-state index contributed by atoms with van der Waals surface area (Å²) < 4.78 is 46.3. The smallest absolute Gasteiger partial charge is 0.0645 e. The SMILES string of the molecule is [2H]c1ccc(-c2ccc(-n3c4ccccc4c4ccc(-n5c6ccccc6c6c([2H])c([2H])c([2H])c([2H])c65)cc43)cc2)cc1. The van der Waals surface area contributed by atoms with Gasteiger partial charge in [-0.05, 0) is 53.6 Å². The quantitative estimate of drug-likeness (QED) is 0.234. The van der Waals surface area contributed by atoms with E-state index in [1.54, 1.807) is 12.1 Å². The predicted molar refractivity (Wildman–Crippen MR) is 161 cm³/mol. The number of benzene rings is 6. The second kappa shape index (κ2) is 8.22.